The normalized spacial score (nSPS) is 13.7. The quantitative estimate of drug-likeness (QED) is 0.167. The third-order valence-corrected chi connectivity index (χ3v) is 15.0. The molecule has 4 nitrogen and oxygen atoms in total. The van der Waals surface area contributed by atoms with E-state index in [9.17, 15) is 0 Å². The van der Waals surface area contributed by atoms with Crippen LogP contribution < -0.4 is 0 Å². The van der Waals surface area contributed by atoms with Gasteiger partial charge in [0.15, 0.2) is 0 Å². The standard InChI is InChI=1S/C67H44N2O2/c1-41-23-28-55-54-19-4-7-22-62(54)69(63(55)33-41)51-16-10-14-45(36-51)49-27-32-67-59(40-49)57-38-47(25-30-65(57)71-67)43-12-8-11-42(34-43)46-24-29-64-56(37-46)58-39-48(26-31-66(58)70-64)44-13-9-15-50(35-44)68-60-20-5-2-17-52(60)53-18-3-6-21-61(53)68/h2-32,34-41H,33H2,1H3. The van der Waals surface area contributed by atoms with Crippen LogP contribution in [-0.4, -0.2) is 9.13 Å². The lowest BCUT2D eigenvalue weighted by Crippen LogP contribution is -2.08. The molecule has 0 saturated heterocycles. The van der Waals surface area contributed by atoms with E-state index >= 15 is 0 Å². The van der Waals surface area contributed by atoms with E-state index in [0.29, 0.717) is 5.92 Å². The van der Waals surface area contributed by atoms with Crippen LogP contribution in [-0.2, 0) is 6.42 Å². The minimum Gasteiger partial charge on any atom is -0.456 e. The SMILES string of the molecule is CC1C=Cc2c(n(-c3cccc(-c4ccc5oc6ccc(-c7cccc(-c8ccc9oc%10ccc(-c%11cccc(-n%12c%13ccccc%13c%13ccccc%13%12)c%11)cc%10c9c8)c7)cc6c5c4)c3)c3ccccc23)C1. The van der Waals surface area contributed by atoms with Crippen LogP contribution >= 0.6 is 0 Å². The highest BCUT2D eigenvalue weighted by molar-refractivity contribution is 6.11. The topological polar surface area (TPSA) is 36.1 Å². The van der Waals surface area contributed by atoms with Crippen LogP contribution in [0.4, 0.5) is 0 Å². The van der Waals surface area contributed by atoms with Crippen molar-refractivity contribution in [3.63, 3.8) is 0 Å². The predicted octanol–water partition coefficient (Wildman–Crippen LogP) is 18.4. The van der Waals surface area contributed by atoms with Crippen molar-refractivity contribution < 1.29 is 8.83 Å². The Kier molecular flexibility index (Phi) is 8.67. The molecule has 1 aliphatic carbocycles. The van der Waals surface area contributed by atoms with Crippen LogP contribution in [0.1, 0.15) is 18.2 Å². The van der Waals surface area contributed by atoms with Gasteiger partial charge in [0.25, 0.3) is 0 Å². The summed E-state index contributed by atoms with van der Waals surface area (Å²) in [4.78, 5) is 0. The molecule has 0 amide bonds. The number of aromatic nitrogens is 2. The third-order valence-electron chi connectivity index (χ3n) is 15.0. The van der Waals surface area contributed by atoms with Gasteiger partial charge in [-0.2, -0.15) is 0 Å². The Balaban J connectivity index is 0.766. The van der Waals surface area contributed by atoms with Crippen molar-refractivity contribution in [3.8, 4) is 55.9 Å². The van der Waals surface area contributed by atoms with Crippen LogP contribution in [0.15, 0.2) is 233 Å². The van der Waals surface area contributed by atoms with E-state index in [1.54, 1.807) is 0 Å². The summed E-state index contributed by atoms with van der Waals surface area (Å²) in [7, 11) is 0. The number of nitrogens with zero attached hydrogens (tertiary/aromatic N) is 2. The maximum Gasteiger partial charge on any atom is 0.135 e. The Morgan fingerprint density at radius 3 is 1.20 bits per heavy atom. The zero-order chi connectivity index (χ0) is 46.7. The zero-order valence-electron chi connectivity index (χ0n) is 38.9. The minimum atomic E-state index is 0.495. The van der Waals surface area contributed by atoms with Crippen molar-refractivity contribution in [2.75, 3.05) is 0 Å². The molecule has 71 heavy (non-hydrogen) atoms. The monoisotopic (exact) mass is 908 g/mol. The van der Waals surface area contributed by atoms with Crippen LogP contribution in [0, 0.1) is 5.92 Å². The Hall–Kier alpha value is -9.12. The second-order valence-electron chi connectivity index (χ2n) is 19.4. The van der Waals surface area contributed by atoms with Gasteiger partial charge in [-0.3, -0.25) is 0 Å². The van der Waals surface area contributed by atoms with E-state index in [0.717, 1.165) is 94.9 Å². The number of para-hydroxylation sites is 3. The number of fused-ring (bicyclic) bond motifs is 12. The molecule has 0 N–H and O–H groups in total. The fraction of sp³-hybridized carbons (Fsp3) is 0.0448. The minimum absolute atomic E-state index is 0.495. The number of hydrogen-bond donors (Lipinski definition) is 0. The average molecular weight is 909 g/mol. The van der Waals surface area contributed by atoms with E-state index < -0.39 is 0 Å². The van der Waals surface area contributed by atoms with E-state index in [2.05, 4.69) is 247 Å². The van der Waals surface area contributed by atoms with Gasteiger partial charge < -0.3 is 18.0 Å². The Labute approximate surface area is 409 Å². The van der Waals surface area contributed by atoms with E-state index in [1.807, 2.05) is 0 Å². The molecular weight excluding hydrogens is 865 g/mol. The number of rotatable bonds is 6. The fourth-order valence-electron chi connectivity index (χ4n) is 11.6. The molecule has 14 aromatic rings. The second kappa shape index (κ2) is 15.4. The van der Waals surface area contributed by atoms with Gasteiger partial charge in [-0.05, 0) is 154 Å². The van der Waals surface area contributed by atoms with Crippen LogP contribution in [0.3, 0.4) is 0 Å². The molecule has 15 rings (SSSR count). The lowest BCUT2D eigenvalue weighted by molar-refractivity contribution is 0.668. The van der Waals surface area contributed by atoms with Crippen molar-refractivity contribution in [1.29, 1.82) is 0 Å². The fourth-order valence-corrected chi connectivity index (χ4v) is 11.6. The molecule has 4 aromatic heterocycles. The third kappa shape index (κ3) is 6.31. The van der Waals surface area contributed by atoms with Crippen molar-refractivity contribution >= 4 is 82.7 Å². The Morgan fingerprint density at radius 1 is 0.338 bits per heavy atom. The summed E-state index contributed by atoms with van der Waals surface area (Å²) in [6, 6.07) is 79.2. The van der Waals surface area contributed by atoms with Gasteiger partial charge in [-0.1, -0.05) is 140 Å². The molecular formula is C67H44N2O2. The first kappa shape index (κ1) is 39.8. The average Bonchev–Trinajstić information content (AvgIpc) is 4.17. The van der Waals surface area contributed by atoms with Crippen LogP contribution in [0.25, 0.3) is 139 Å². The summed E-state index contributed by atoms with van der Waals surface area (Å²) in [5.41, 5.74) is 21.5. The molecule has 1 aliphatic rings. The van der Waals surface area contributed by atoms with Gasteiger partial charge in [-0.25, -0.2) is 0 Å². The molecule has 0 aliphatic heterocycles. The van der Waals surface area contributed by atoms with Gasteiger partial charge in [0, 0.05) is 60.3 Å². The summed E-state index contributed by atoms with van der Waals surface area (Å²) < 4.78 is 17.8. The largest absolute Gasteiger partial charge is 0.456 e. The molecule has 10 aromatic carbocycles. The lowest BCUT2D eigenvalue weighted by atomic mass is 9.94. The summed E-state index contributed by atoms with van der Waals surface area (Å²) in [6.45, 7) is 2.30. The molecule has 4 heterocycles. The molecule has 0 saturated carbocycles. The summed E-state index contributed by atoms with van der Waals surface area (Å²) in [5, 5.41) is 8.24. The van der Waals surface area contributed by atoms with Gasteiger partial charge >= 0.3 is 0 Å². The predicted molar refractivity (Wildman–Crippen MR) is 296 cm³/mol. The molecule has 0 bridgehead atoms. The van der Waals surface area contributed by atoms with Gasteiger partial charge in [-0.15, -0.1) is 0 Å². The number of allylic oxidation sites excluding steroid dienone is 1. The van der Waals surface area contributed by atoms with Gasteiger partial charge in [0.1, 0.15) is 22.3 Å². The maximum atomic E-state index is 6.47. The first-order valence-corrected chi connectivity index (χ1v) is 24.6. The van der Waals surface area contributed by atoms with Crippen molar-refractivity contribution in [3.05, 3.63) is 236 Å². The zero-order valence-corrected chi connectivity index (χ0v) is 38.9. The molecule has 4 heteroatoms. The summed E-state index contributed by atoms with van der Waals surface area (Å²) >= 11 is 0. The number of hydrogen-bond acceptors (Lipinski definition) is 2. The molecule has 1 atom stereocenters. The number of benzene rings is 10. The Morgan fingerprint density at radius 2 is 0.718 bits per heavy atom. The highest BCUT2D eigenvalue weighted by atomic mass is 16.3. The Bertz CT molecular complexity index is 4480. The molecule has 0 radical (unpaired) electrons. The first-order chi connectivity index (χ1) is 35.1. The van der Waals surface area contributed by atoms with E-state index in [4.69, 9.17) is 8.83 Å². The van der Waals surface area contributed by atoms with E-state index in [1.165, 1.54) is 55.2 Å². The first-order valence-electron chi connectivity index (χ1n) is 24.6. The number of furan rings is 2. The van der Waals surface area contributed by atoms with Crippen molar-refractivity contribution in [2.45, 2.75) is 13.3 Å². The molecule has 0 spiro atoms. The lowest BCUT2D eigenvalue weighted by Gasteiger charge is -2.17. The highest BCUT2D eigenvalue weighted by Gasteiger charge is 2.22. The molecule has 334 valence electrons. The summed E-state index contributed by atoms with van der Waals surface area (Å²) in [6.07, 6.45) is 5.68. The van der Waals surface area contributed by atoms with Crippen molar-refractivity contribution in [2.24, 2.45) is 5.92 Å². The molecule has 0 fully saturated rings. The van der Waals surface area contributed by atoms with Gasteiger partial charge in [0.2, 0.25) is 0 Å². The molecule has 1 unspecified atom stereocenters. The van der Waals surface area contributed by atoms with Crippen LogP contribution in [0.2, 0.25) is 0 Å². The smallest absolute Gasteiger partial charge is 0.135 e. The second-order valence-corrected chi connectivity index (χ2v) is 19.4. The highest BCUT2D eigenvalue weighted by Crippen LogP contribution is 2.41. The van der Waals surface area contributed by atoms with Crippen molar-refractivity contribution in [1.82, 2.24) is 9.13 Å². The summed E-state index contributed by atoms with van der Waals surface area (Å²) in [5.74, 6) is 0.495. The van der Waals surface area contributed by atoms with E-state index in [-0.39, 0.29) is 0 Å². The maximum absolute atomic E-state index is 6.47. The van der Waals surface area contributed by atoms with Crippen LogP contribution in [0.5, 0.6) is 0 Å². The van der Waals surface area contributed by atoms with Gasteiger partial charge in [0.05, 0.1) is 16.6 Å².